The Bertz CT molecular complexity index is 960. The van der Waals surface area contributed by atoms with Gasteiger partial charge in [-0.3, -0.25) is 0 Å². The lowest BCUT2D eigenvalue weighted by molar-refractivity contribution is 0.321. The van der Waals surface area contributed by atoms with Gasteiger partial charge >= 0.3 is 0 Å². The molecule has 4 rings (SSSR count). The Kier molecular flexibility index (Phi) is 5.06. The number of phenols is 2. The van der Waals surface area contributed by atoms with Gasteiger partial charge in [-0.15, -0.1) is 0 Å². The fourth-order valence-electron chi connectivity index (χ4n) is 5.69. The van der Waals surface area contributed by atoms with E-state index in [4.69, 9.17) is 0 Å². The van der Waals surface area contributed by atoms with Crippen LogP contribution in [0, 0.1) is 0 Å². The molecule has 0 aromatic heterocycles. The molecule has 0 aliphatic heterocycles. The Morgan fingerprint density at radius 1 is 0.548 bits per heavy atom. The van der Waals surface area contributed by atoms with Crippen molar-refractivity contribution in [3.05, 3.63) is 46.5 Å². The topological polar surface area (TPSA) is 40.5 Å². The fraction of sp³-hybridized carbons (Fsp3) is 0.571. The highest BCUT2D eigenvalue weighted by Gasteiger charge is 2.42. The van der Waals surface area contributed by atoms with Crippen molar-refractivity contribution in [2.24, 2.45) is 0 Å². The van der Waals surface area contributed by atoms with E-state index < -0.39 is 0 Å². The molecule has 0 heterocycles. The van der Waals surface area contributed by atoms with E-state index in [1.54, 1.807) is 11.8 Å². The first kappa shape index (κ1) is 22.6. The zero-order valence-corrected chi connectivity index (χ0v) is 21.3. The van der Waals surface area contributed by atoms with Gasteiger partial charge < -0.3 is 10.2 Å². The number of aromatic hydroxyl groups is 2. The van der Waals surface area contributed by atoms with Crippen LogP contribution in [0.3, 0.4) is 0 Å². The van der Waals surface area contributed by atoms with Crippen LogP contribution in [0.1, 0.15) is 103 Å². The molecular weight excluding hydrogens is 400 g/mol. The molecule has 0 saturated carbocycles. The average molecular weight is 439 g/mol. The van der Waals surface area contributed by atoms with E-state index in [1.165, 1.54) is 22.3 Å². The number of hydrogen-bond donors (Lipinski definition) is 2. The second kappa shape index (κ2) is 6.94. The predicted molar refractivity (Wildman–Crippen MR) is 131 cm³/mol. The highest BCUT2D eigenvalue weighted by atomic mass is 32.2. The van der Waals surface area contributed by atoms with Gasteiger partial charge in [-0.25, -0.2) is 0 Å². The van der Waals surface area contributed by atoms with Crippen molar-refractivity contribution in [3.63, 3.8) is 0 Å². The summed E-state index contributed by atoms with van der Waals surface area (Å²) in [7, 11) is 0. The van der Waals surface area contributed by atoms with Crippen LogP contribution >= 0.6 is 11.8 Å². The minimum Gasteiger partial charge on any atom is -0.507 e. The van der Waals surface area contributed by atoms with Crippen molar-refractivity contribution in [2.45, 2.75) is 113 Å². The summed E-state index contributed by atoms with van der Waals surface area (Å²) in [5.41, 5.74) is 5.26. The summed E-state index contributed by atoms with van der Waals surface area (Å²) in [6.45, 7) is 18.4. The molecule has 2 aliphatic carbocycles. The van der Waals surface area contributed by atoms with Crippen molar-refractivity contribution in [2.75, 3.05) is 0 Å². The quantitative estimate of drug-likeness (QED) is 0.500. The molecule has 0 radical (unpaired) electrons. The summed E-state index contributed by atoms with van der Waals surface area (Å²) in [5, 5.41) is 22.1. The SMILES string of the molecule is CC1(C)CCC(C)(C)c2c1ccc(O)c2Sc1c(O)ccc2c1C(C)(C)CCC2(C)C. The zero-order chi connectivity index (χ0) is 23.0. The van der Waals surface area contributed by atoms with Crippen LogP contribution in [-0.4, -0.2) is 10.2 Å². The molecule has 2 nitrogen and oxygen atoms in total. The van der Waals surface area contributed by atoms with E-state index in [-0.39, 0.29) is 21.7 Å². The van der Waals surface area contributed by atoms with Crippen molar-refractivity contribution in [3.8, 4) is 11.5 Å². The molecule has 168 valence electrons. The Morgan fingerprint density at radius 3 is 1.23 bits per heavy atom. The third kappa shape index (κ3) is 3.57. The minimum absolute atomic E-state index is 0.0226. The van der Waals surface area contributed by atoms with E-state index in [9.17, 15) is 10.2 Å². The average Bonchev–Trinajstić information content (AvgIpc) is 2.65. The Morgan fingerprint density at radius 2 is 0.871 bits per heavy atom. The molecule has 0 saturated heterocycles. The lowest BCUT2D eigenvalue weighted by atomic mass is 9.63. The molecule has 3 heteroatoms. The first-order chi connectivity index (χ1) is 14.2. The second-order valence-corrected chi connectivity index (χ2v) is 13.3. The molecule has 0 bridgehead atoms. The standard InChI is InChI=1S/C28H38O2S/c1-25(2)13-15-27(5,6)21-17(25)9-11-19(29)23(21)31-24-20(30)12-10-18-22(24)28(7,8)16-14-26(18,3)4/h9-12,29-30H,13-16H2,1-8H3. The summed E-state index contributed by atoms with van der Waals surface area (Å²) in [6, 6.07) is 7.93. The normalized spacial score (nSPS) is 22.5. The van der Waals surface area contributed by atoms with Crippen LogP contribution in [0.25, 0.3) is 0 Å². The van der Waals surface area contributed by atoms with Crippen molar-refractivity contribution < 1.29 is 10.2 Å². The van der Waals surface area contributed by atoms with Gasteiger partial charge in [0, 0.05) is 0 Å². The number of phenolic OH excluding ortho intramolecular Hbond substituents is 2. The highest BCUT2D eigenvalue weighted by Crippen LogP contribution is 2.57. The molecule has 0 unspecified atom stereocenters. The minimum atomic E-state index is -0.0226. The van der Waals surface area contributed by atoms with Crippen LogP contribution in [-0.2, 0) is 21.7 Å². The van der Waals surface area contributed by atoms with E-state index in [1.807, 2.05) is 12.1 Å². The molecule has 2 aliphatic rings. The Hall–Kier alpha value is -1.61. The summed E-state index contributed by atoms with van der Waals surface area (Å²) in [4.78, 5) is 1.83. The first-order valence-electron chi connectivity index (χ1n) is 11.6. The van der Waals surface area contributed by atoms with E-state index in [2.05, 4.69) is 67.5 Å². The van der Waals surface area contributed by atoms with Crippen LogP contribution in [0.5, 0.6) is 11.5 Å². The lowest BCUT2D eigenvalue weighted by Gasteiger charge is -2.44. The smallest absolute Gasteiger partial charge is 0.129 e. The maximum Gasteiger partial charge on any atom is 0.129 e. The van der Waals surface area contributed by atoms with E-state index in [0.717, 1.165) is 35.5 Å². The van der Waals surface area contributed by atoms with Crippen LogP contribution in [0.2, 0.25) is 0 Å². The molecule has 0 atom stereocenters. The molecule has 0 amide bonds. The van der Waals surface area contributed by atoms with Gasteiger partial charge in [0.05, 0.1) is 9.79 Å². The van der Waals surface area contributed by atoms with Crippen LogP contribution < -0.4 is 0 Å². The van der Waals surface area contributed by atoms with Gasteiger partial charge in [0.2, 0.25) is 0 Å². The molecule has 0 spiro atoms. The van der Waals surface area contributed by atoms with Gasteiger partial charge in [-0.2, -0.15) is 0 Å². The van der Waals surface area contributed by atoms with Gasteiger partial charge in [0.1, 0.15) is 11.5 Å². The number of hydrogen-bond acceptors (Lipinski definition) is 3. The molecule has 0 fully saturated rings. The van der Waals surface area contributed by atoms with Gasteiger partial charge in [0.25, 0.3) is 0 Å². The molecule has 31 heavy (non-hydrogen) atoms. The van der Waals surface area contributed by atoms with E-state index >= 15 is 0 Å². The van der Waals surface area contributed by atoms with E-state index in [0.29, 0.717) is 11.5 Å². The molecular formula is C28H38O2S. The summed E-state index contributed by atoms with van der Waals surface area (Å²) in [5.74, 6) is 0.638. The number of benzene rings is 2. The summed E-state index contributed by atoms with van der Waals surface area (Å²) < 4.78 is 0. The highest BCUT2D eigenvalue weighted by molar-refractivity contribution is 7.99. The summed E-state index contributed by atoms with van der Waals surface area (Å²) >= 11 is 1.58. The van der Waals surface area contributed by atoms with Gasteiger partial charge in [-0.1, -0.05) is 79.3 Å². The zero-order valence-electron chi connectivity index (χ0n) is 20.4. The fourth-order valence-corrected chi connectivity index (χ4v) is 7.22. The molecule has 2 N–H and O–H groups in total. The Labute approximate surface area is 192 Å². The monoisotopic (exact) mass is 438 g/mol. The first-order valence-corrected chi connectivity index (χ1v) is 12.4. The summed E-state index contributed by atoms with van der Waals surface area (Å²) in [6.07, 6.45) is 4.44. The van der Waals surface area contributed by atoms with Crippen molar-refractivity contribution in [1.29, 1.82) is 0 Å². The third-order valence-corrected chi connectivity index (χ3v) is 9.27. The van der Waals surface area contributed by atoms with Crippen molar-refractivity contribution >= 4 is 11.8 Å². The van der Waals surface area contributed by atoms with Gasteiger partial charge in [-0.05, 0) is 81.7 Å². The van der Waals surface area contributed by atoms with Gasteiger partial charge in [0.15, 0.2) is 0 Å². The van der Waals surface area contributed by atoms with Crippen molar-refractivity contribution in [1.82, 2.24) is 0 Å². The number of rotatable bonds is 2. The largest absolute Gasteiger partial charge is 0.507 e. The Balaban J connectivity index is 1.98. The van der Waals surface area contributed by atoms with Crippen LogP contribution in [0.15, 0.2) is 34.1 Å². The third-order valence-electron chi connectivity index (χ3n) is 8.04. The maximum atomic E-state index is 11.1. The lowest BCUT2D eigenvalue weighted by Crippen LogP contribution is -2.35. The predicted octanol–water partition coefficient (Wildman–Crippen LogP) is 7.95. The molecule has 2 aromatic rings. The maximum absolute atomic E-state index is 11.1. The number of fused-ring (bicyclic) bond motifs is 2. The second-order valence-electron chi connectivity index (χ2n) is 12.3. The van der Waals surface area contributed by atoms with Crippen LogP contribution in [0.4, 0.5) is 0 Å². The molecule has 2 aromatic carbocycles.